The maximum absolute atomic E-state index is 9.26. The number of aromatic amines is 1. The summed E-state index contributed by atoms with van der Waals surface area (Å²) in [5.41, 5.74) is 1.98. The molecule has 0 amide bonds. The van der Waals surface area contributed by atoms with Gasteiger partial charge in [0.25, 0.3) is 0 Å². The molecule has 3 heterocycles. The van der Waals surface area contributed by atoms with E-state index in [1.807, 2.05) is 6.92 Å². The van der Waals surface area contributed by atoms with Gasteiger partial charge in [0.1, 0.15) is 5.82 Å². The fourth-order valence-electron chi connectivity index (χ4n) is 2.32. The van der Waals surface area contributed by atoms with Gasteiger partial charge in [-0.2, -0.15) is 5.10 Å². The zero-order chi connectivity index (χ0) is 11.8. The van der Waals surface area contributed by atoms with Gasteiger partial charge in [0, 0.05) is 31.2 Å². The van der Waals surface area contributed by atoms with Crippen molar-refractivity contribution in [3.05, 3.63) is 17.7 Å². The second-order valence-corrected chi connectivity index (χ2v) is 4.55. The zero-order valence-electron chi connectivity index (χ0n) is 9.72. The van der Waals surface area contributed by atoms with Crippen molar-refractivity contribution in [3.63, 3.8) is 0 Å². The third-order valence-corrected chi connectivity index (χ3v) is 3.37. The Morgan fingerprint density at radius 1 is 1.53 bits per heavy atom. The van der Waals surface area contributed by atoms with Crippen LogP contribution in [0.4, 0.5) is 0 Å². The van der Waals surface area contributed by atoms with Gasteiger partial charge in [-0.05, 0) is 13.3 Å². The normalized spacial score (nSPS) is 19.3. The van der Waals surface area contributed by atoms with Crippen LogP contribution in [0.2, 0.25) is 0 Å². The van der Waals surface area contributed by atoms with Crippen molar-refractivity contribution in [2.75, 3.05) is 6.61 Å². The Morgan fingerprint density at radius 2 is 2.41 bits per heavy atom. The van der Waals surface area contributed by atoms with E-state index in [0.717, 1.165) is 42.3 Å². The average molecular weight is 233 g/mol. The molecule has 0 saturated carbocycles. The summed E-state index contributed by atoms with van der Waals surface area (Å²) in [6.45, 7) is 2.98. The third kappa shape index (κ3) is 1.64. The number of aliphatic hydroxyl groups is 1. The first-order valence-corrected chi connectivity index (χ1v) is 5.83. The topological polar surface area (TPSA) is 79.6 Å². The highest BCUT2D eigenvalue weighted by molar-refractivity contribution is 5.57. The number of hydrogen-bond acceptors (Lipinski definition) is 4. The van der Waals surface area contributed by atoms with Crippen molar-refractivity contribution in [2.45, 2.75) is 26.3 Å². The molecule has 6 nitrogen and oxygen atoms in total. The summed E-state index contributed by atoms with van der Waals surface area (Å²) in [6.07, 6.45) is 3.64. The molecule has 2 aromatic heterocycles. The number of nitrogens with zero attached hydrogens (tertiary/aromatic N) is 4. The van der Waals surface area contributed by atoms with E-state index in [4.69, 9.17) is 0 Å². The first-order chi connectivity index (χ1) is 8.29. The Hall–Kier alpha value is -1.69. The quantitative estimate of drug-likeness (QED) is 0.793. The van der Waals surface area contributed by atoms with Gasteiger partial charge in [-0.1, -0.05) is 0 Å². The zero-order valence-corrected chi connectivity index (χ0v) is 9.72. The molecule has 1 atom stereocenters. The standard InChI is InChI=1S/C11H15N5O/c1-7-9(4-12-13-7)11-15-14-10-3-2-8(6-17)5-16(10)11/h4,8,17H,2-3,5-6H2,1H3,(H,12,13). The van der Waals surface area contributed by atoms with Crippen LogP contribution in [0.15, 0.2) is 6.20 Å². The van der Waals surface area contributed by atoms with E-state index in [1.54, 1.807) is 6.20 Å². The molecule has 90 valence electrons. The van der Waals surface area contributed by atoms with Crippen molar-refractivity contribution in [3.8, 4) is 11.4 Å². The summed E-state index contributed by atoms with van der Waals surface area (Å²) < 4.78 is 2.10. The molecule has 1 aliphatic rings. The lowest BCUT2D eigenvalue weighted by molar-refractivity contribution is 0.191. The lowest BCUT2D eigenvalue weighted by atomic mass is 10.00. The Morgan fingerprint density at radius 3 is 3.12 bits per heavy atom. The van der Waals surface area contributed by atoms with Gasteiger partial charge in [-0.15, -0.1) is 10.2 Å². The maximum atomic E-state index is 9.26. The molecule has 1 unspecified atom stereocenters. The van der Waals surface area contributed by atoms with Crippen molar-refractivity contribution in [2.24, 2.45) is 5.92 Å². The van der Waals surface area contributed by atoms with Crippen molar-refractivity contribution >= 4 is 0 Å². The Kier molecular flexibility index (Phi) is 2.44. The first-order valence-electron chi connectivity index (χ1n) is 5.83. The van der Waals surface area contributed by atoms with Crippen LogP contribution in [0.25, 0.3) is 11.4 Å². The Bertz CT molecular complexity index is 530. The molecule has 3 rings (SSSR count). The van der Waals surface area contributed by atoms with Crippen LogP contribution in [-0.2, 0) is 13.0 Å². The van der Waals surface area contributed by atoms with Crippen LogP contribution in [0.3, 0.4) is 0 Å². The molecule has 0 saturated heterocycles. The second kappa shape index (κ2) is 3.96. The van der Waals surface area contributed by atoms with Crippen LogP contribution in [0.1, 0.15) is 17.9 Å². The van der Waals surface area contributed by atoms with Crippen LogP contribution >= 0.6 is 0 Å². The van der Waals surface area contributed by atoms with Crippen molar-refractivity contribution in [1.29, 1.82) is 0 Å². The van der Waals surface area contributed by atoms with Crippen LogP contribution in [-0.4, -0.2) is 36.7 Å². The Labute approximate surface area is 98.7 Å². The largest absolute Gasteiger partial charge is 0.396 e. The molecule has 2 aromatic rings. The van der Waals surface area contributed by atoms with Crippen molar-refractivity contribution < 1.29 is 5.11 Å². The molecule has 2 N–H and O–H groups in total. The monoisotopic (exact) mass is 233 g/mol. The number of aliphatic hydroxyl groups excluding tert-OH is 1. The van der Waals surface area contributed by atoms with Gasteiger partial charge >= 0.3 is 0 Å². The smallest absolute Gasteiger partial charge is 0.167 e. The van der Waals surface area contributed by atoms with Crippen LogP contribution in [0.5, 0.6) is 0 Å². The van der Waals surface area contributed by atoms with Crippen LogP contribution < -0.4 is 0 Å². The molecular weight excluding hydrogens is 218 g/mol. The highest BCUT2D eigenvalue weighted by Crippen LogP contribution is 2.26. The number of fused-ring (bicyclic) bond motifs is 1. The summed E-state index contributed by atoms with van der Waals surface area (Å²) in [6, 6.07) is 0. The molecule has 17 heavy (non-hydrogen) atoms. The first kappa shape index (κ1) is 10.5. The summed E-state index contributed by atoms with van der Waals surface area (Å²) in [4.78, 5) is 0. The van der Waals surface area contributed by atoms with E-state index in [1.165, 1.54) is 0 Å². The van der Waals surface area contributed by atoms with Gasteiger partial charge in [0.15, 0.2) is 5.82 Å². The molecule has 6 heteroatoms. The fraction of sp³-hybridized carbons (Fsp3) is 0.545. The minimum atomic E-state index is 0.224. The second-order valence-electron chi connectivity index (χ2n) is 4.55. The highest BCUT2D eigenvalue weighted by Gasteiger charge is 2.23. The van der Waals surface area contributed by atoms with Gasteiger partial charge in [0.05, 0.1) is 11.8 Å². The molecule has 0 fully saturated rings. The van der Waals surface area contributed by atoms with Crippen LogP contribution in [0, 0.1) is 12.8 Å². The average Bonchev–Trinajstić information content (AvgIpc) is 2.94. The van der Waals surface area contributed by atoms with Gasteiger partial charge < -0.3 is 9.67 Å². The van der Waals surface area contributed by atoms with Gasteiger partial charge in [-0.25, -0.2) is 0 Å². The minimum Gasteiger partial charge on any atom is -0.396 e. The Balaban J connectivity index is 2.03. The lowest BCUT2D eigenvalue weighted by Crippen LogP contribution is -2.23. The number of rotatable bonds is 2. The van der Waals surface area contributed by atoms with E-state index in [-0.39, 0.29) is 6.61 Å². The molecule has 1 aliphatic heterocycles. The number of hydrogen-bond donors (Lipinski definition) is 2. The lowest BCUT2D eigenvalue weighted by Gasteiger charge is -2.22. The number of aromatic nitrogens is 5. The minimum absolute atomic E-state index is 0.224. The van der Waals surface area contributed by atoms with E-state index >= 15 is 0 Å². The van der Waals surface area contributed by atoms with E-state index in [2.05, 4.69) is 25.0 Å². The van der Waals surface area contributed by atoms with E-state index in [0.29, 0.717) is 5.92 Å². The summed E-state index contributed by atoms with van der Waals surface area (Å²) >= 11 is 0. The van der Waals surface area contributed by atoms with Gasteiger partial charge in [0.2, 0.25) is 0 Å². The molecule has 0 aliphatic carbocycles. The highest BCUT2D eigenvalue weighted by atomic mass is 16.3. The summed E-state index contributed by atoms with van der Waals surface area (Å²) in [7, 11) is 0. The SMILES string of the molecule is Cc1[nH]ncc1-c1nnc2n1CC(CO)CC2. The summed E-state index contributed by atoms with van der Waals surface area (Å²) in [5, 5.41) is 24.6. The van der Waals surface area contributed by atoms with E-state index in [9.17, 15) is 5.11 Å². The van der Waals surface area contributed by atoms with Crippen molar-refractivity contribution in [1.82, 2.24) is 25.0 Å². The molecule has 0 radical (unpaired) electrons. The molecular formula is C11H15N5O. The maximum Gasteiger partial charge on any atom is 0.167 e. The van der Waals surface area contributed by atoms with Gasteiger partial charge in [-0.3, -0.25) is 5.10 Å². The molecule has 0 spiro atoms. The fourth-order valence-corrected chi connectivity index (χ4v) is 2.32. The number of H-pyrrole nitrogens is 1. The summed E-state index contributed by atoms with van der Waals surface area (Å²) in [5.74, 6) is 2.17. The third-order valence-electron chi connectivity index (χ3n) is 3.37. The number of aryl methyl sites for hydroxylation is 2. The molecule has 0 aromatic carbocycles. The number of nitrogens with one attached hydrogen (secondary N) is 1. The predicted molar refractivity (Wildman–Crippen MR) is 61.2 cm³/mol. The predicted octanol–water partition coefficient (Wildman–Crippen LogP) is 0.531. The molecule has 0 bridgehead atoms. The van der Waals surface area contributed by atoms with E-state index < -0.39 is 0 Å².